The normalized spacial score (nSPS) is 17.9. The van der Waals surface area contributed by atoms with Gasteiger partial charge in [0.25, 0.3) is 0 Å². The van der Waals surface area contributed by atoms with E-state index in [1.165, 1.54) is 12.1 Å². The molecule has 5 nitrogen and oxygen atoms in total. The van der Waals surface area contributed by atoms with Gasteiger partial charge in [0, 0.05) is 18.1 Å². The molecule has 1 aliphatic rings. The van der Waals surface area contributed by atoms with Crippen molar-refractivity contribution in [1.29, 1.82) is 0 Å². The van der Waals surface area contributed by atoms with Crippen LogP contribution in [0, 0.1) is 11.7 Å². The molecule has 2 heterocycles. The van der Waals surface area contributed by atoms with E-state index in [9.17, 15) is 9.18 Å². The number of ether oxygens (including phenoxy) is 1. The summed E-state index contributed by atoms with van der Waals surface area (Å²) in [5, 5.41) is 7.56. The van der Waals surface area contributed by atoms with Crippen molar-refractivity contribution in [2.45, 2.75) is 32.6 Å². The van der Waals surface area contributed by atoms with Crippen molar-refractivity contribution >= 4 is 11.7 Å². The number of carbonyl (C=O) groups is 1. The summed E-state index contributed by atoms with van der Waals surface area (Å²) in [5.41, 5.74) is 1.39. The summed E-state index contributed by atoms with van der Waals surface area (Å²) in [6, 6.07) is 7.91. The van der Waals surface area contributed by atoms with Crippen LogP contribution in [0.25, 0.3) is 5.69 Å². The van der Waals surface area contributed by atoms with E-state index < -0.39 is 0 Å². The molecule has 1 fully saturated rings. The molecular weight excluding hydrogens is 309 g/mol. The first-order chi connectivity index (χ1) is 11.3. The topological polar surface area (TPSA) is 56.1 Å². The molecule has 0 spiro atoms. The lowest BCUT2D eigenvalue weighted by Crippen LogP contribution is -2.24. The van der Waals surface area contributed by atoms with Crippen LogP contribution in [0.15, 0.2) is 30.3 Å². The third kappa shape index (κ3) is 3.48. The van der Waals surface area contributed by atoms with E-state index in [1.54, 1.807) is 16.8 Å². The quantitative estimate of drug-likeness (QED) is 0.939. The molecule has 1 aromatic carbocycles. The number of carbonyl (C=O) groups excluding carboxylic acids is 1. The van der Waals surface area contributed by atoms with Crippen molar-refractivity contribution in [3.8, 4) is 5.69 Å². The highest BCUT2D eigenvalue weighted by Gasteiger charge is 2.26. The average molecular weight is 331 g/mol. The Kier molecular flexibility index (Phi) is 4.41. The Morgan fingerprint density at radius 3 is 2.62 bits per heavy atom. The standard InChI is InChI=1S/C18H22FN3O2/c1-18(2,3)15-10-16(20-17(23)12-8-9-24-11-12)22(21-15)14-6-4-13(19)5-7-14/h4-7,10,12H,8-9,11H2,1-3H3,(H,20,23). The molecule has 1 aromatic heterocycles. The fourth-order valence-electron chi connectivity index (χ4n) is 2.59. The summed E-state index contributed by atoms with van der Waals surface area (Å²) in [7, 11) is 0. The Hall–Kier alpha value is -2.21. The highest BCUT2D eigenvalue weighted by molar-refractivity contribution is 5.92. The molecule has 24 heavy (non-hydrogen) atoms. The van der Waals surface area contributed by atoms with Gasteiger partial charge < -0.3 is 10.1 Å². The fraction of sp³-hybridized carbons (Fsp3) is 0.444. The molecule has 0 bridgehead atoms. The molecule has 0 radical (unpaired) electrons. The first kappa shape index (κ1) is 16.6. The van der Waals surface area contributed by atoms with Crippen LogP contribution in [0.4, 0.5) is 10.2 Å². The second kappa shape index (κ2) is 6.36. The Balaban J connectivity index is 1.95. The summed E-state index contributed by atoms with van der Waals surface area (Å²) >= 11 is 0. The molecule has 1 atom stereocenters. The maximum absolute atomic E-state index is 13.2. The van der Waals surface area contributed by atoms with Gasteiger partial charge in [-0.05, 0) is 30.7 Å². The Bertz CT molecular complexity index is 726. The van der Waals surface area contributed by atoms with Gasteiger partial charge in [-0.3, -0.25) is 4.79 Å². The van der Waals surface area contributed by atoms with Gasteiger partial charge in [-0.15, -0.1) is 0 Å². The molecular formula is C18H22FN3O2. The fourth-order valence-corrected chi connectivity index (χ4v) is 2.59. The molecule has 128 valence electrons. The smallest absolute Gasteiger partial charge is 0.231 e. The van der Waals surface area contributed by atoms with E-state index in [1.807, 2.05) is 6.07 Å². The minimum absolute atomic E-state index is 0.0729. The van der Waals surface area contributed by atoms with Gasteiger partial charge in [-0.25, -0.2) is 9.07 Å². The lowest BCUT2D eigenvalue weighted by molar-refractivity contribution is -0.119. The summed E-state index contributed by atoms with van der Waals surface area (Å²) in [4.78, 5) is 12.4. The molecule has 1 unspecified atom stereocenters. The zero-order chi connectivity index (χ0) is 17.3. The van der Waals surface area contributed by atoms with Crippen LogP contribution < -0.4 is 5.32 Å². The molecule has 1 saturated heterocycles. The maximum Gasteiger partial charge on any atom is 0.231 e. The predicted molar refractivity (Wildman–Crippen MR) is 89.8 cm³/mol. The van der Waals surface area contributed by atoms with E-state index in [2.05, 4.69) is 31.2 Å². The third-order valence-electron chi connectivity index (χ3n) is 4.10. The maximum atomic E-state index is 13.2. The molecule has 1 amide bonds. The van der Waals surface area contributed by atoms with Gasteiger partial charge in [-0.1, -0.05) is 20.8 Å². The van der Waals surface area contributed by atoms with Crippen LogP contribution >= 0.6 is 0 Å². The Labute approximate surface area is 140 Å². The number of nitrogens with zero attached hydrogens (tertiary/aromatic N) is 2. The number of rotatable bonds is 3. The van der Waals surface area contributed by atoms with Crippen molar-refractivity contribution < 1.29 is 13.9 Å². The van der Waals surface area contributed by atoms with Crippen LogP contribution in [0.3, 0.4) is 0 Å². The van der Waals surface area contributed by atoms with Gasteiger partial charge >= 0.3 is 0 Å². The predicted octanol–water partition coefficient (Wildman–Crippen LogP) is 3.28. The van der Waals surface area contributed by atoms with Crippen LogP contribution in [0.1, 0.15) is 32.9 Å². The summed E-state index contributed by atoms with van der Waals surface area (Å²) < 4.78 is 20.1. The highest BCUT2D eigenvalue weighted by atomic mass is 19.1. The largest absolute Gasteiger partial charge is 0.381 e. The van der Waals surface area contributed by atoms with Crippen molar-refractivity contribution in [1.82, 2.24) is 9.78 Å². The first-order valence-corrected chi connectivity index (χ1v) is 8.10. The number of aromatic nitrogens is 2. The van der Waals surface area contributed by atoms with Crippen molar-refractivity contribution in [2.75, 3.05) is 18.5 Å². The van der Waals surface area contributed by atoms with E-state index >= 15 is 0 Å². The van der Waals surface area contributed by atoms with Crippen molar-refractivity contribution in [2.24, 2.45) is 5.92 Å². The van der Waals surface area contributed by atoms with Gasteiger partial charge in [-0.2, -0.15) is 5.10 Å². The number of nitrogens with one attached hydrogen (secondary N) is 1. The number of hydrogen-bond donors (Lipinski definition) is 1. The minimum Gasteiger partial charge on any atom is -0.381 e. The number of hydrogen-bond acceptors (Lipinski definition) is 3. The molecule has 0 aliphatic carbocycles. The number of amides is 1. The van der Waals surface area contributed by atoms with Crippen molar-refractivity contribution in [3.63, 3.8) is 0 Å². The average Bonchev–Trinajstić information content (AvgIpc) is 3.16. The summed E-state index contributed by atoms with van der Waals surface area (Å²) in [5.74, 6) is 0.0648. The van der Waals surface area contributed by atoms with E-state index in [4.69, 9.17) is 4.74 Å². The lowest BCUT2D eigenvalue weighted by Gasteiger charge is -2.14. The Morgan fingerprint density at radius 1 is 1.33 bits per heavy atom. The first-order valence-electron chi connectivity index (χ1n) is 8.10. The van der Waals surface area contributed by atoms with Gasteiger partial charge in [0.2, 0.25) is 5.91 Å². The van der Waals surface area contributed by atoms with Crippen LogP contribution in [-0.2, 0) is 14.9 Å². The second-order valence-corrected chi connectivity index (χ2v) is 7.10. The molecule has 6 heteroatoms. The SMILES string of the molecule is CC(C)(C)c1cc(NC(=O)C2CCOC2)n(-c2ccc(F)cc2)n1. The van der Waals surface area contributed by atoms with E-state index in [0.29, 0.717) is 24.7 Å². The number of anilines is 1. The van der Waals surface area contributed by atoms with Crippen molar-refractivity contribution in [3.05, 3.63) is 41.8 Å². The monoisotopic (exact) mass is 331 g/mol. The van der Waals surface area contributed by atoms with Crippen LogP contribution in [0.5, 0.6) is 0 Å². The van der Waals surface area contributed by atoms with E-state index in [0.717, 1.165) is 12.1 Å². The Morgan fingerprint density at radius 2 is 2.04 bits per heavy atom. The molecule has 3 rings (SSSR count). The van der Waals surface area contributed by atoms with Gasteiger partial charge in [0.15, 0.2) is 0 Å². The summed E-state index contributed by atoms with van der Waals surface area (Å²) in [6.45, 7) is 7.23. The van der Waals surface area contributed by atoms with Crippen LogP contribution in [-0.4, -0.2) is 28.9 Å². The minimum atomic E-state index is -0.310. The second-order valence-electron chi connectivity index (χ2n) is 7.10. The van der Waals surface area contributed by atoms with Gasteiger partial charge in [0.05, 0.1) is 23.9 Å². The van der Waals surface area contributed by atoms with Crippen LogP contribution in [0.2, 0.25) is 0 Å². The van der Waals surface area contributed by atoms with Gasteiger partial charge in [0.1, 0.15) is 11.6 Å². The number of benzene rings is 1. The molecule has 1 N–H and O–H groups in total. The number of halogens is 1. The highest BCUT2D eigenvalue weighted by Crippen LogP contribution is 2.27. The zero-order valence-electron chi connectivity index (χ0n) is 14.2. The lowest BCUT2D eigenvalue weighted by atomic mass is 9.92. The zero-order valence-corrected chi connectivity index (χ0v) is 14.2. The molecule has 2 aromatic rings. The molecule has 1 aliphatic heterocycles. The summed E-state index contributed by atoms with van der Waals surface area (Å²) in [6.07, 6.45) is 0.725. The molecule has 0 saturated carbocycles. The van der Waals surface area contributed by atoms with E-state index in [-0.39, 0.29) is 23.1 Å². The third-order valence-corrected chi connectivity index (χ3v) is 4.10.